The lowest BCUT2D eigenvalue weighted by molar-refractivity contribution is -0.150. The van der Waals surface area contributed by atoms with Gasteiger partial charge in [0.05, 0.1) is 17.5 Å². The molecule has 2 aromatic rings. The van der Waals surface area contributed by atoms with Gasteiger partial charge in [-0.1, -0.05) is 18.2 Å². The number of nitrogens with zero attached hydrogens (tertiary/aromatic N) is 2. The number of rotatable bonds is 4. The highest BCUT2D eigenvalue weighted by Gasteiger charge is 2.26. The van der Waals surface area contributed by atoms with Crippen LogP contribution in [0.4, 0.5) is 4.79 Å². The Labute approximate surface area is 135 Å². The number of carbonyl (C=O) groups is 3. The van der Waals surface area contributed by atoms with E-state index in [9.17, 15) is 19.2 Å². The summed E-state index contributed by atoms with van der Waals surface area (Å²) in [5, 5.41) is 9.63. The summed E-state index contributed by atoms with van der Waals surface area (Å²) in [6.07, 6.45) is -0.198. The van der Waals surface area contributed by atoms with Crippen LogP contribution in [-0.4, -0.2) is 52.7 Å². The lowest BCUT2D eigenvalue weighted by atomic mass is 10.1. The number of aromatic nitrogens is 2. The van der Waals surface area contributed by atoms with Crippen LogP contribution < -0.4 is 10.9 Å². The first-order valence-electron chi connectivity index (χ1n) is 7.26. The Morgan fingerprint density at radius 2 is 1.96 bits per heavy atom. The summed E-state index contributed by atoms with van der Waals surface area (Å²) in [6.45, 7) is 0.112. The van der Waals surface area contributed by atoms with E-state index in [1.54, 1.807) is 24.3 Å². The molecule has 0 atom stereocenters. The van der Waals surface area contributed by atoms with E-state index >= 15 is 0 Å². The molecule has 1 fully saturated rings. The van der Waals surface area contributed by atoms with E-state index in [1.807, 2.05) is 0 Å². The maximum Gasteiger partial charge on any atom is 0.324 e. The third kappa shape index (κ3) is 3.09. The molecule has 0 spiro atoms. The highest BCUT2D eigenvalue weighted by Crippen LogP contribution is 2.13. The molecular weight excluding hydrogens is 316 g/mol. The molecule has 24 heavy (non-hydrogen) atoms. The lowest BCUT2D eigenvalue weighted by Gasteiger charge is -2.12. The minimum absolute atomic E-state index is 0.198. The summed E-state index contributed by atoms with van der Waals surface area (Å²) in [5.74, 6) is -1.26. The van der Waals surface area contributed by atoms with Crippen LogP contribution in [0.5, 0.6) is 0 Å². The van der Waals surface area contributed by atoms with E-state index in [0.717, 1.165) is 4.90 Å². The van der Waals surface area contributed by atoms with Crippen LogP contribution in [-0.2, 0) is 20.7 Å². The van der Waals surface area contributed by atoms with Crippen LogP contribution in [0.2, 0.25) is 0 Å². The predicted octanol–water partition coefficient (Wildman–Crippen LogP) is -0.439. The highest BCUT2D eigenvalue weighted by atomic mass is 16.5. The normalized spacial score (nSPS) is 13.8. The van der Waals surface area contributed by atoms with Gasteiger partial charge in [0.1, 0.15) is 0 Å². The Balaban J connectivity index is 1.65. The molecule has 3 rings (SSSR count). The topological polar surface area (TPSA) is 121 Å². The molecule has 124 valence electrons. The smallest absolute Gasteiger partial charge is 0.324 e. The molecule has 2 N–H and O–H groups in total. The SMILES string of the molecule is O=C(Cc1n[nH]c(=O)c2ccccc12)OCC(=O)N1CCNC1=O. The maximum atomic E-state index is 11.9. The molecule has 1 aliphatic rings. The monoisotopic (exact) mass is 330 g/mol. The standard InChI is InChI=1S/C15H14N4O5/c20-12(19-6-5-16-15(19)23)8-24-13(21)7-11-9-3-1-2-4-10(9)14(22)18-17-11/h1-4H,5-8H2,(H,16,23)(H,18,22). The summed E-state index contributed by atoms with van der Waals surface area (Å²) in [6, 6.07) is 6.25. The Kier molecular flexibility index (Phi) is 4.23. The van der Waals surface area contributed by atoms with Crippen LogP contribution in [0, 0.1) is 0 Å². The number of amides is 3. The van der Waals surface area contributed by atoms with Gasteiger partial charge in [-0.2, -0.15) is 5.10 Å². The van der Waals surface area contributed by atoms with E-state index in [4.69, 9.17) is 4.74 Å². The van der Waals surface area contributed by atoms with Crippen LogP contribution in [0.15, 0.2) is 29.1 Å². The number of nitrogens with one attached hydrogen (secondary N) is 2. The molecule has 9 nitrogen and oxygen atoms in total. The van der Waals surface area contributed by atoms with Crippen molar-refractivity contribution < 1.29 is 19.1 Å². The minimum atomic E-state index is -0.673. The summed E-state index contributed by atoms with van der Waals surface area (Å²) in [4.78, 5) is 47.7. The van der Waals surface area contributed by atoms with Crippen molar-refractivity contribution in [1.82, 2.24) is 20.4 Å². The van der Waals surface area contributed by atoms with Crippen LogP contribution >= 0.6 is 0 Å². The zero-order valence-corrected chi connectivity index (χ0v) is 12.6. The predicted molar refractivity (Wildman–Crippen MR) is 82.1 cm³/mol. The van der Waals surface area contributed by atoms with E-state index in [1.165, 1.54) is 0 Å². The summed E-state index contributed by atoms with van der Waals surface area (Å²) < 4.78 is 4.91. The van der Waals surface area contributed by atoms with Crippen molar-refractivity contribution in [3.63, 3.8) is 0 Å². The summed E-state index contributed by atoms with van der Waals surface area (Å²) >= 11 is 0. The van der Waals surface area contributed by atoms with Crippen LogP contribution in [0.1, 0.15) is 5.69 Å². The number of hydrogen-bond acceptors (Lipinski definition) is 6. The van der Waals surface area contributed by atoms with E-state index < -0.39 is 24.5 Å². The zero-order valence-electron chi connectivity index (χ0n) is 12.6. The Bertz CT molecular complexity index is 876. The summed E-state index contributed by atoms with van der Waals surface area (Å²) in [7, 11) is 0. The first kappa shape index (κ1) is 15.7. The van der Waals surface area contributed by atoms with Crippen molar-refractivity contribution in [3.8, 4) is 0 Å². The van der Waals surface area contributed by atoms with Gasteiger partial charge >= 0.3 is 12.0 Å². The van der Waals surface area contributed by atoms with Gasteiger partial charge in [0.25, 0.3) is 11.5 Å². The van der Waals surface area contributed by atoms with Crippen LogP contribution in [0.25, 0.3) is 10.8 Å². The molecule has 3 amide bonds. The Hall–Kier alpha value is -3.23. The molecular formula is C15H14N4O5. The molecule has 0 unspecified atom stereocenters. The first-order valence-corrected chi connectivity index (χ1v) is 7.26. The van der Waals surface area contributed by atoms with Gasteiger partial charge in [0.2, 0.25) is 0 Å². The van der Waals surface area contributed by atoms with E-state index in [0.29, 0.717) is 23.0 Å². The Morgan fingerprint density at radius 3 is 2.67 bits per heavy atom. The fourth-order valence-electron chi connectivity index (χ4n) is 2.42. The van der Waals surface area contributed by atoms with Crippen molar-refractivity contribution in [3.05, 3.63) is 40.3 Å². The molecule has 0 saturated carbocycles. The number of imide groups is 1. The maximum absolute atomic E-state index is 11.9. The highest BCUT2D eigenvalue weighted by molar-refractivity contribution is 5.97. The van der Waals surface area contributed by atoms with Gasteiger partial charge in [-0.25, -0.2) is 9.89 Å². The van der Waals surface area contributed by atoms with Crippen molar-refractivity contribution in [2.45, 2.75) is 6.42 Å². The third-order valence-corrected chi connectivity index (χ3v) is 3.60. The largest absolute Gasteiger partial charge is 0.455 e. The van der Waals surface area contributed by atoms with Gasteiger partial charge in [-0.05, 0) is 6.07 Å². The Morgan fingerprint density at radius 1 is 1.21 bits per heavy atom. The average Bonchev–Trinajstić information content (AvgIpc) is 3.02. The average molecular weight is 330 g/mol. The molecule has 0 bridgehead atoms. The van der Waals surface area contributed by atoms with Crippen LogP contribution in [0.3, 0.4) is 0 Å². The summed E-state index contributed by atoms with van der Waals surface area (Å²) in [5.41, 5.74) is -0.000458. The molecule has 1 aliphatic heterocycles. The zero-order chi connectivity index (χ0) is 17.1. The van der Waals surface area contributed by atoms with Gasteiger partial charge in [0, 0.05) is 18.5 Å². The lowest BCUT2D eigenvalue weighted by Crippen LogP contribution is -2.37. The molecule has 1 aromatic heterocycles. The second-order valence-corrected chi connectivity index (χ2v) is 5.16. The number of fused-ring (bicyclic) bond motifs is 1. The number of carbonyl (C=O) groups excluding carboxylic acids is 3. The number of hydrogen-bond donors (Lipinski definition) is 2. The third-order valence-electron chi connectivity index (χ3n) is 3.60. The molecule has 9 heteroatoms. The number of esters is 1. The first-order chi connectivity index (χ1) is 11.6. The van der Waals surface area contributed by atoms with Crippen molar-refractivity contribution >= 4 is 28.7 Å². The molecule has 2 heterocycles. The van der Waals surface area contributed by atoms with Gasteiger partial charge in [-0.15, -0.1) is 0 Å². The molecule has 0 radical (unpaired) electrons. The number of benzene rings is 1. The van der Waals surface area contributed by atoms with Gasteiger partial charge in [0.15, 0.2) is 6.61 Å². The fraction of sp³-hybridized carbons (Fsp3) is 0.267. The second-order valence-electron chi connectivity index (χ2n) is 5.16. The van der Waals surface area contributed by atoms with E-state index in [2.05, 4.69) is 15.5 Å². The van der Waals surface area contributed by atoms with E-state index in [-0.39, 0.29) is 18.5 Å². The fourth-order valence-corrected chi connectivity index (χ4v) is 2.42. The van der Waals surface area contributed by atoms with Gasteiger partial charge < -0.3 is 10.1 Å². The minimum Gasteiger partial charge on any atom is -0.455 e. The number of ether oxygens (including phenoxy) is 1. The molecule has 0 aliphatic carbocycles. The quantitative estimate of drug-likeness (QED) is 0.733. The van der Waals surface area contributed by atoms with Crippen molar-refractivity contribution in [2.75, 3.05) is 19.7 Å². The molecule has 1 saturated heterocycles. The van der Waals surface area contributed by atoms with Crippen molar-refractivity contribution in [2.24, 2.45) is 0 Å². The number of aromatic amines is 1. The van der Waals surface area contributed by atoms with Gasteiger partial charge in [-0.3, -0.25) is 19.3 Å². The van der Waals surface area contributed by atoms with Crippen molar-refractivity contribution in [1.29, 1.82) is 0 Å². The number of urea groups is 1. The second kappa shape index (κ2) is 6.49. The molecule has 1 aromatic carbocycles. The number of H-pyrrole nitrogens is 1.